The van der Waals surface area contributed by atoms with E-state index in [4.69, 9.17) is 0 Å². The zero-order valence-corrected chi connectivity index (χ0v) is 15.8. The van der Waals surface area contributed by atoms with Gasteiger partial charge in [0, 0.05) is 36.1 Å². The molecule has 2 aromatic rings. The molecular weight excluding hydrogens is 371 g/mol. The second-order valence-electron chi connectivity index (χ2n) is 8.08. The van der Waals surface area contributed by atoms with Gasteiger partial charge in [-0.25, -0.2) is 0 Å². The van der Waals surface area contributed by atoms with Gasteiger partial charge < -0.3 is 15.3 Å². The van der Waals surface area contributed by atoms with Crippen molar-refractivity contribution in [3.05, 3.63) is 35.5 Å². The fourth-order valence-corrected chi connectivity index (χ4v) is 4.85. The van der Waals surface area contributed by atoms with Crippen LogP contribution in [0.4, 0.5) is 13.2 Å². The summed E-state index contributed by atoms with van der Waals surface area (Å²) in [6.07, 6.45) is -2.10. The van der Waals surface area contributed by atoms with Crippen LogP contribution in [0.15, 0.2) is 24.4 Å². The third-order valence-electron chi connectivity index (χ3n) is 6.15. The van der Waals surface area contributed by atoms with Crippen molar-refractivity contribution in [1.29, 1.82) is 0 Å². The highest BCUT2D eigenvalue weighted by molar-refractivity contribution is 5.89. The number of alkyl halides is 3. The molecule has 0 spiro atoms. The number of nitrogens with zero attached hydrogens (tertiary/aromatic N) is 2. The molecule has 2 aliphatic rings. The molecule has 0 radical (unpaired) electrons. The first-order valence-corrected chi connectivity index (χ1v) is 9.52. The Balaban J connectivity index is 1.72. The van der Waals surface area contributed by atoms with E-state index >= 15 is 0 Å². The van der Waals surface area contributed by atoms with Gasteiger partial charge in [0.15, 0.2) is 0 Å². The van der Waals surface area contributed by atoms with Gasteiger partial charge in [-0.15, -0.1) is 13.2 Å². The highest BCUT2D eigenvalue weighted by Crippen LogP contribution is 2.46. The van der Waals surface area contributed by atoms with Gasteiger partial charge in [0.2, 0.25) is 5.91 Å². The number of likely N-dealkylation sites (N-methyl/N-ethyl adjacent to an activating group) is 1. The number of likely N-dealkylation sites (tertiary alicyclic amines) is 1. The Morgan fingerprint density at radius 2 is 2.14 bits per heavy atom. The van der Waals surface area contributed by atoms with Gasteiger partial charge in [-0.3, -0.25) is 9.36 Å². The molecule has 1 saturated heterocycles. The lowest BCUT2D eigenvalue weighted by Gasteiger charge is -2.45. The van der Waals surface area contributed by atoms with Gasteiger partial charge in [-0.2, -0.15) is 0 Å². The Morgan fingerprint density at radius 1 is 1.39 bits per heavy atom. The number of aliphatic hydroxyl groups is 1. The summed E-state index contributed by atoms with van der Waals surface area (Å²) in [7, 11) is 1.93. The van der Waals surface area contributed by atoms with Crippen LogP contribution in [0, 0.1) is 5.92 Å². The summed E-state index contributed by atoms with van der Waals surface area (Å²) in [4.78, 5) is 14.7. The Labute approximate surface area is 161 Å². The summed E-state index contributed by atoms with van der Waals surface area (Å²) in [6, 6.07) is 4.83. The monoisotopic (exact) mass is 395 g/mol. The predicted octanol–water partition coefficient (Wildman–Crippen LogP) is 2.57. The minimum absolute atomic E-state index is 0.000726. The third-order valence-corrected chi connectivity index (χ3v) is 6.15. The van der Waals surface area contributed by atoms with Crippen molar-refractivity contribution in [2.45, 2.75) is 44.1 Å². The van der Waals surface area contributed by atoms with Crippen LogP contribution in [0.3, 0.4) is 0 Å². The maximum absolute atomic E-state index is 13.5. The molecule has 1 aliphatic heterocycles. The summed E-state index contributed by atoms with van der Waals surface area (Å²) < 4.78 is 40.8. The number of aromatic nitrogens is 1. The first-order chi connectivity index (χ1) is 13.2. The number of carbonyl (C=O) groups excluding carboxylic acids is 1. The van der Waals surface area contributed by atoms with E-state index < -0.39 is 6.30 Å². The van der Waals surface area contributed by atoms with Gasteiger partial charge in [-0.1, -0.05) is 12.1 Å². The molecule has 3 unspecified atom stereocenters. The average molecular weight is 395 g/mol. The number of piperidine rings is 1. The molecule has 4 atom stereocenters. The number of rotatable bonds is 3. The second kappa shape index (κ2) is 6.77. The van der Waals surface area contributed by atoms with E-state index in [1.165, 1.54) is 12.3 Å². The SMILES string of the molecule is C[C@@H](CO)NC(=O)C1CC2c3cccc4c3c(cn4C(F)(F)F)CC2N(C)C1. The lowest BCUT2D eigenvalue weighted by atomic mass is 9.72. The number of aliphatic hydroxyl groups excluding tert-OH is 1. The Kier molecular flexibility index (Phi) is 4.66. The number of carbonyl (C=O) groups is 1. The summed E-state index contributed by atoms with van der Waals surface area (Å²) in [5.41, 5.74) is 1.79. The second-order valence-corrected chi connectivity index (χ2v) is 8.08. The molecular formula is C20H24F3N3O2. The van der Waals surface area contributed by atoms with Crippen molar-refractivity contribution in [2.75, 3.05) is 20.2 Å². The highest BCUT2D eigenvalue weighted by atomic mass is 19.4. The molecule has 28 heavy (non-hydrogen) atoms. The summed E-state index contributed by atoms with van der Waals surface area (Å²) in [5.74, 6) is -0.376. The average Bonchev–Trinajstić information content (AvgIpc) is 3.02. The molecule has 5 nitrogen and oxygen atoms in total. The predicted molar refractivity (Wildman–Crippen MR) is 98.9 cm³/mol. The maximum atomic E-state index is 13.5. The quantitative estimate of drug-likeness (QED) is 0.840. The molecule has 1 amide bonds. The standard InChI is InChI=1S/C20H24F3N3O2/c1-11(10-27)24-19(28)13-6-15-14-4-3-5-16-18(14)12(7-17(15)25(2)8-13)9-26(16)20(21,22)23/h3-5,9,11,13,15,17,27H,6-8,10H2,1-2H3,(H,24,28)/t11-,13?,15?,17?/m0/s1. The number of hydrogen-bond acceptors (Lipinski definition) is 3. The molecule has 2 N–H and O–H groups in total. The molecule has 1 aliphatic carbocycles. The summed E-state index contributed by atoms with van der Waals surface area (Å²) in [5, 5.41) is 12.7. The lowest BCUT2D eigenvalue weighted by molar-refractivity contribution is -0.200. The molecule has 152 valence electrons. The van der Waals surface area contributed by atoms with Crippen LogP contribution in [0.5, 0.6) is 0 Å². The van der Waals surface area contributed by atoms with Gasteiger partial charge in [-0.05, 0) is 44.0 Å². The normalized spacial score (nSPS) is 26.1. The van der Waals surface area contributed by atoms with E-state index in [1.807, 2.05) is 13.1 Å². The van der Waals surface area contributed by atoms with Crippen molar-refractivity contribution in [3.63, 3.8) is 0 Å². The Morgan fingerprint density at radius 3 is 2.82 bits per heavy atom. The largest absolute Gasteiger partial charge is 0.488 e. The molecule has 1 aromatic carbocycles. The number of halogens is 3. The molecule has 4 rings (SSSR count). The van der Waals surface area contributed by atoms with Crippen LogP contribution in [0.25, 0.3) is 10.9 Å². The fourth-order valence-electron chi connectivity index (χ4n) is 4.85. The van der Waals surface area contributed by atoms with E-state index in [2.05, 4.69) is 10.2 Å². The minimum atomic E-state index is -4.46. The molecule has 0 bridgehead atoms. The maximum Gasteiger partial charge on any atom is 0.488 e. The van der Waals surface area contributed by atoms with E-state index in [1.54, 1.807) is 13.0 Å². The molecule has 2 heterocycles. The van der Waals surface area contributed by atoms with E-state index in [0.717, 1.165) is 5.56 Å². The highest BCUT2D eigenvalue weighted by Gasteiger charge is 2.43. The Bertz CT molecular complexity index is 908. The summed E-state index contributed by atoms with van der Waals surface area (Å²) >= 11 is 0. The van der Waals surface area contributed by atoms with E-state index in [9.17, 15) is 23.1 Å². The number of hydrogen-bond donors (Lipinski definition) is 2. The van der Waals surface area contributed by atoms with Crippen LogP contribution in [0.1, 0.15) is 30.4 Å². The van der Waals surface area contributed by atoms with Crippen LogP contribution in [0.2, 0.25) is 0 Å². The minimum Gasteiger partial charge on any atom is -0.394 e. The van der Waals surface area contributed by atoms with Crippen molar-refractivity contribution in [3.8, 4) is 0 Å². The Hall–Kier alpha value is -2.06. The molecule has 1 aromatic heterocycles. The third kappa shape index (κ3) is 3.08. The smallest absolute Gasteiger partial charge is 0.394 e. The fraction of sp³-hybridized carbons (Fsp3) is 0.550. The number of benzene rings is 1. The zero-order valence-electron chi connectivity index (χ0n) is 15.8. The van der Waals surface area contributed by atoms with Gasteiger partial charge in [0.05, 0.1) is 18.0 Å². The van der Waals surface area contributed by atoms with Crippen LogP contribution in [-0.4, -0.2) is 52.8 Å². The van der Waals surface area contributed by atoms with E-state index in [0.29, 0.717) is 34.9 Å². The number of fused-ring (bicyclic) bond motifs is 2. The van der Waals surface area contributed by atoms with Crippen molar-refractivity contribution < 1.29 is 23.1 Å². The zero-order chi connectivity index (χ0) is 20.2. The number of amides is 1. The van der Waals surface area contributed by atoms with Crippen molar-refractivity contribution >= 4 is 16.8 Å². The van der Waals surface area contributed by atoms with Crippen LogP contribution < -0.4 is 5.32 Å². The molecule has 1 fully saturated rings. The van der Waals surface area contributed by atoms with Crippen LogP contribution in [-0.2, 0) is 17.5 Å². The molecule has 0 saturated carbocycles. The van der Waals surface area contributed by atoms with Gasteiger partial charge in [0.1, 0.15) is 0 Å². The van der Waals surface area contributed by atoms with Crippen LogP contribution >= 0.6 is 0 Å². The molecule has 8 heteroatoms. The van der Waals surface area contributed by atoms with Gasteiger partial charge in [0.25, 0.3) is 0 Å². The number of nitrogens with one attached hydrogen (secondary N) is 1. The van der Waals surface area contributed by atoms with Crippen molar-refractivity contribution in [2.24, 2.45) is 5.92 Å². The topological polar surface area (TPSA) is 57.5 Å². The summed E-state index contributed by atoms with van der Waals surface area (Å²) in [6.45, 7) is 2.16. The van der Waals surface area contributed by atoms with Gasteiger partial charge >= 0.3 is 6.30 Å². The lowest BCUT2D eigenvalue weighted by Crippen LogP contribution is -2.52. The first kappa shape index (κ1) is 19.3. The van der Waals surface area contributed by atoms with Crippen molar-refractivity contribution in [1.82, 2.24) is 14.8 Å². The van der Waals surface area contributed by atoms with E-state index in [-0.39, 0.29) is 42.0 Å². The first-order valence-electron chi connectivity index (χ1n) is 9.52.